The summed E-state index contributed by atoms with van der Waals surface area (Å²) in [6.45, 7) is 3.95. The first-order chi connectivity index (χ1) is 15.1. The molecule has 0 saturated heterocycles. The normalized spacial score (nSPS) is 10.9. The van der Waals surface area contributed by atoms with Crippen molar-refractivity contribution < 1.29 is 9.32 Å². The number of rotatable bonds is 8. The fraction of sp³-hybridized carbons (Fsp3) is 0.238. The predicted molar refractivity (Wildman–Crippen MR) is 116 cm³/mol. The van der Waals surface area contributed by atoms with E-state index in [9.17, 15) is 4.79 Å². The molecule has 4 rings (SSSR count). The van der Waals surface area contributed by atoms with Gasteiger partial charge in [-0.05, 0) is 43.2 Å². The second kappa shape index (κ2) is 9.52. The zero-order valence-corrected chi connectivity index (χ0v) is 17.9. The van der Waals surface area contributed by atoms with E-state index in [-0.39, 0.29) is 12.3 Å². The van der Waals surface area contributed by atoms with E-state index in [0.717, 1.165) is 22.4 Å². The standard InChI is InChI=1S/C21H21N7O2S/c1-13-5-6-14(2)16(10-13)23-18(29)7-8-19-24-17(28-30-19)12-31-21-25-20(26-27-21)15-4-3-9-22-11-15/h3-6,9-11H,7-8,12H2,1-2H3,(H,23,29)(H,25,26,27). The SMILES string of the molecule is Cc1ccc(C)c(NC(=O)CCc2nc(CSc3n[nH]c(-c4cccnc4)n3)no2)c1. The minimum absolute atomic E-state index is 0.0912. The van der Waals surface area contributed by atoms with Crippen LogP contribution in [-0.2, 0) is 17.0 Å². The number of benzene rings is 1. The predicted octanol–water partition coefficient (Wildman–Crippen LogP) is 3.73. The van der Waals surface area contributed by atoms with Crippen LogP contribution in [0.4, 0.5) is 5.69 Å². The van der Waals surface area contributed by atoms with Crippen LogP contribution in [-0.4, -0.2) is 36.2 Å². The van der Waals surface area contributed by atoms with E-state index < -0.39 is 0 Å². The van der Waals surface area contributed by atoms with Gasteiger partial charge in [0.25, 0.3) is 0 Å². The maximum atomic E-state index is 12.3. The first-order valence-corrected chi connectivity index (χ1v) is 10.7. The number of hydrogen-bond donors (Lipinski definition) is 2. The van der Waals surface area contributed by atoms with Gasteiger partial charge in [0.2, 0.25) is 17.0 Å². The van der Waals surface area contributed by atoms with Crippen LogP contribution in [0.15, 0.2) is 52.4 Å². The highest BCUT2D eigenvalue weighted by Crippen LogP contribution is 2.21. The first kappa shape index (κ1) is 20.7. The number of carbonyl (C=O) groups is 1. The molecule has 1 aromatic carbocycles. The molecule has 0 unspecified atom stereocenters. The number of amides is 1. The van der Waals surface area contributed by atoms with Crippen LogP contribution in [0.3, 0.4) is 0 Å². The van der Waals surface area contributed by atoms with Crippen LogP contribution >= 0.6 is 11.8 Å². The Kier molecular flexibility index (Phi) is 6.37. The Bertz CT molecular complexity index is 1170. The van der Waals surface area contributed by atoms with E-state index in [1.807, 2.05) is 44.2 Å². The van der Waals surface area contributed by atoms with Crippen LogP contribution in [0, 0.1) is 13.8 Å². The van der Waals surface area contributed by atoms with Gasteiger partial charge in [-0.2, -0.15) is 4.98 Å². The van der Waals surface area contributed by atoms with Gasteiger partial charge in [0.1, 0.15) is 0 Å². The molecule has 3 aromatic heterocycles. The van der Waals surface area contributed by atoms with E-state index in [0.29, 0.717) is 34.9 Å². The summed E-state index contributed by atoms with van der Waals surface area (Å²) in [6.07, 6.45) is 4.06. The van der Waals surface area contributed by atoms with Crippen LogP contribution in [0.2, 0.25) is 0 Å². The molecule has 0 aliphatic carbocycles. The Morgan fingerprint density at radius 3 is 2.97 bits per heavy atom. The Balaban J connectivity index is 1.26. The van der Waals surface area contributed by atoms with Crippen LogP contribution in [0.5, 0.6) is 0 Å². The molecule has 0 aliphatic heterocycles. The highest BCUT2D eigenvalue weighted by Gasteiger charge is 2.12. The van der Waals surface area contributed by atoms with Crippen LogP contribution in [0.1, 0.15) is 29.3 Å². The number of aromatic nitrogens is 6. The van der Waals surface area contributed by atoms with Crippen molar-refractivity contribution in [3.8, 4) is 11.4 Å². The third-order valence-corrected chi connectivity index (χ3v) is 5.32. The highest BCUT2D eigenvalue weighted by molar-refractivity contribution is 7.98. The molecule has 2 N–H and O–H groups in total. The molecule has 0 saturated carbocycles. The largest absolute Gasteiger partial charge is 0.339 e. The van der Waals surface area contributed by atoms with Gasteiger partial charge in [0.15, 0.2) is 11.6 Å². The fourth-order valence-corrected chi connectivity index (χ4v) is 3.47. The van der Waals surface area contributed by atoms with Crippen molar-refractivity contribution in [1.29, 1.82) is 0 Å². The van der Waals surface area contributed by atoms with Gasteiger partial charge in [-0.1, -0.05) is 29.1 Å². The Hall–Kier alpha value is -3.53. The molecule has 0 aliphatic rings. The topological polar surface area (TPSA) is 122 Å². The Morgan fingerprint density at radius 1 is 1.23 bits per heavy atom. The number of anilines is 1. The molecule has 0 fully saturated rings. The number of pyridine rings is 1. The molecular formula is C21H21N7O2S. The van der Waals surface area contributed by atoms with Gasteiger partial charge in [0, 0.05) is 36.5 Å². The molecule has 0 bridgehead atoms. The van der Waals surface area contributed by atoms with E-state index in [2.05, 4.69) is 35.6 Å². The zero-order valence-electron chi connectivity index (χ0n) is 17.1. The average molecular weight is 436 g/mol. The monoisotopic (exact) mass is 435 g/mol. The lowest BCUT2D eigenvalue weighted by Crippen LogP contribution is -2.13. The van der Waals surface area contributed by atoms with Crippen LogP contribution in [0.25, 0.3) is 11.4 Å². The Labute approximate surface area is 183 Å². The third kappa shape index (κ3) is 5.54. The molecule has 0 radical (unpaired) electrons. The molecule has 9 nitrogen and oxygen atoms in total. The summed E-state index contributed by atoms with van der Waals surface area (Å²) < 4.78 is 5.26. The second-order valence-electron chi connectivity index (χ2n) is 6.97. The van der Waals surface area contributed by atoms with Gasteiger partial charge < -0.3 is 9.84 Å². The minimum atomic E-state index is -0.0912. The van der Waals surface area contributed by atoms with Crippen molar-refractivity contribution >= 4 is 23.4 Å². The van der Waals surface area contributed by atoms with E-state index in [1.54, 1.807) is 12.4 Å². The molecule has 1 amide bonds. The van der Waals surface area contributed by atoms with Crippen molar-refractivity contribution in [3.05, 3.63) is 65.6 Å². The quantitative estimate of drug-likeness (QED) is 0.401. The van der Waals surface area contributed by atoms with Gasteiger partial charge >= 0.3 is 0 Å². The number of aryl methyl sites for hydroxylation is 3. The maximum Gasteiger partial charge on any atom is 0.227 e. The number of thioether (sulfide) groups is 1. The van der Waals surface area contributed by atoms with Crippen molar-refractivity contribution in [2.24, 2.45) is 0 Å². The van der Waals surface area contributed by atoms with Gasteiger partial charge in [-0.15, -0.1) is 5.10 Å². The molecule has 0 atom stereocenters. The molecule has 3 heterocycles. The number of nitrogens with one attached hydrogen (secondary N) is 2. The van der Waals surface area contributed by atoms with Crippen molar-refractivity contribution in [2.45, 2.75) is 37.6 Å². The number of aromatic amines is 1. The molecule has 31 heavy (non-hydrogen) atoms. The summed E-state index contributed by atoms with van der Waals surface area (Å²) in [5.74, 6) is 1.98. The average Bonchev–Trinajstić information content (AvgIpc) is 3.43. The maximum absolute atomic E-state index is 12.3. The summed E-state index contributed by atoms with van der Waals surface area (Å²) >= 11 is 1.39. The highest BCUT2D eigenvalue weighted by atomic mass is 32.2. The van der Waals surface area contributed by atoms with Gasteiger partial charge in [-0.3, -0.25) is 14.9 Å². The first-order valence-electron chi connectivity index (χ1n) is 9.71. The van der Waals surface area contributed by atoms with Crippen molar-refractivity contribution in [2.75, 3.05) is 5.32 Å². The van der Waals surface area contributed by atoms with Crippen LogP contribution < -0.4 is 5.32 Å². The smallest absolute Gasteiger partial charge is 0.227 e. The fourth-order valence-electron chi connectivity index (χ4n) is 2.83. The van der Waals surface area contributed by atoms with Gasteiger partial charge in [-0.25, -0.2) is 4.98 Å². The van der Waals surface area contributed by atoms with E-state index in [4.69, 9.17) is 4.52 Å². The molecule has 4 aromatic rings. The van der Waals surface area contributed by atoms with E-state index in [1.165, 1.54) is 11.8 Å². The summed E-state index contributed by atoms with van der Waals surface area (Å²) in [6, 6.07) is 9.71. The Morgan fingerprint density at radius 2 is 2.13 bits per heavy atom. The number of H-pyrrole nitrogens is 1. The van der Waals surface area contributed by atoms with Crippen molar-refractivity contribution in [3.63, 3.8) is 0 Å². The molecule has 10 heteroatoms. The number of carbonyl (C=O) groups excluding carboxylic acids is 1. The summed E-state index contributed by atoms with van der Waals surface area (Å²) in [4.78, 5) is 25.1. The summed E-state index contributed by atoms with van der Waals surface area (Å²) in [5.41, 5.74) is 3.81. The van der Waals surface area contributed by atoms with Gasteiger partial charge in [0.05, 0.1) is 5.75 Å². The minimum Gasteiger partial charge on any atom is -0.339 e. The zero-order chi connectivity index (χ0) is 21.6. The second-order valence-corrected chi connectivity index (χ2v) is 7.91. The molecule has 0 spiro atoms. The molecule has 158 valence electrons. The lowest BCUT2D eigenvalue weighted by Gasteiger charge is -2.08. The molecular weight excluding hydrogens is 414 g/mol. The lowest BCUT2D eigenvalue weighted by molar-refractivity contribution is -0.116. The third-order valence-electron chi connectivity index (χ3n) is 4.47. The van der Waals surface area contributed by atoms with Crippen molar-refractivity contribution in [1.82, 2.24) is 30.3 Å². The van der Waals surface area contributed by atoms with E-state index >= 15 is 0 Å². The number of hydrogen-bond acceptors (Lipinski definition) is 8. The summed E-state index contributed by atoms with van der Waals surface area (Å²) in [7, 11) is 0. The lowest BCUT2D eigenvalue weighted by atomic mass is 10.1. The summed E-state index contributed by atoms with van der Waals surface area (Å²) in [5, 5.41) is 14.6. The number of nitrogens with zero attached hydrogens (tertiary/aromatic N) is 5.